The van der Waals surface area contributed by atoms with Crippen molar-refractivity contribution in [3.05, 3.63) is 67.7 Å². The molecule has 0 radical (unpaired) electrons. The summed E-state index contributed by atoms with van der Waals surface area (Å²) in [6.45, 7) is 0. The topological polar surface area (TPSA) is 0 Å². The Morgan fingerprint density at radius 2 is 1.69 bits per heavy atom. The molecule has 2 rings (SSSR count). The van der Waals surface area contributed by atoms with Crippen LogP contribution in [0.3, 0.4) is 0 Å². The van der Waals surface area contributed by atoms with Crippen LogP contribution in [0.1, 0.15) is 16.5 Å². The summed E-state index contributed by atoms with van der Waals surface area (Å²) in [5.41, 5.74) is 2.25. The lowest BCUT2D eigenvalue weighted by Crippen LogP contribution is -1.93. The van der Waals surface area contributed by atoms with Gasteiger partial charge in [0.05, 0.1) is 5.38 Å². The second-order valence-electron chi connectivity index (χ2n) is 3.47. The van der Waals surface area contributed by atoms with Crippen LogP contribution < -0.4 is 0 Å². The van der Waals surface area contributed by atoms with Gasteiger partial charge >= 0.3 is 0 Å². The van der Waals surface area contributed by atoms with Crippen molar-refractivity contribution in [1.82, 2.24) is 0 Å². The third-order valence-corrected chi connectivity index (χ3v) is 4.01. The Morgan fingerprint density at radius 3 is 2.31 bits per heavy atom. The van der Waals surface area contributed by atoms with Crippen molar-refractivity contribution in [2.75, 3.05) is 0 Å². The summed E-state index contributed by atoms with van der Waals surface area (Å²) in [6, 6.07) is 16.4. The average Bonchev–Trinajstić information content (AvgIpc) is 2.29. The van der Waals surface area contributed by atoms with Crippen LogP contribution in [0, 0.1) is 3.57 Å². The molecule has 0 aliphatic carbocycles. The highest BCUT2D eigenvalue weighted by Gasteiger charge is 2.10. The van der Waals surface area contributed by atoms with Crippen molar-refractivity contribution < 1.29 is 0 Å². The van der Waals surface area contributed by atoms with Gasteiger partial charge in [-0.3, -0.25) is 0 Å². The molecule has 2 aromatic rings. The van der Waals surface area contributed by atoms with Gasteiger partial charge in [-0.15, -0.1) is 11.6 Å². The van der Waals surface area contributed by atoms with Crippen LogP contribution in [-0.2, 0) is 0 Å². The predicted molar refractivity (Wildman–Crippen MR) is 81.0 cm³/mol. The molecule has 0 fully saturated rings. The molecule has 3 heteroatoms. The van der Waals surface area contributed by atoms with Gasteiger partial charge in [-0.25, -0.2) is 0 Å². The third-order valence-electron chi connectivity index (χ3n) is 2.30. The van der Waals surface area contributed by atoms with Crippen LogP contribution >= 0.6 is 50.1 Å². The average molecular weight is 407 g/mol. The first-order valence-electron chi connectivity index (χ1n) is 4.82. The molecule has 0 aromatic heterocycles. The molecule has 0 heterocycles. The fraction of sp³-hybridized carbons (Fsp3) is 0.0769. The van der Waals surface area contributed by atoms with E-state index in [2.05, 4.69) is 56.7 Å². The van der Waals surface area contributed by atoms with Crippen LogP contribution in [0.15, 0.2) is 53.0 Å². The molecule has 0 saturated heterocycles. The molecule has 0 bridgehead atoms. The maximum atomic E-state index is 6.44. The van der Waals surface area contributed by atoms with E-state index >= 15 is 0 Å². The normalized spacial score (nSPS) is 12.4. The quantitative estimate of drug-likeness (QED) is 0.463. The lowest BCUT2D eigenvalue weighted by molar-refractivity contribution is 1.14. The SMILES string of the molecule is ClC(c1ccc(Br)cc1)c1cccc(I)c1. The summed E-state index contributed by atoms with van der Waals surface area (Å²) < 4.78 is 2.28. The Hall–Kier alpha value is -0.0600. The van der Waals surface area contributed by atoms with Crippen molar-refractivity contribution in [3.8, 4) is 0 Å². The van der Waals surface area contributed by atoms with E-state index in [9.17, 15) is 0 Å². The molecular formula is C13H9BrClI. The van der Waals surface area contributed by atoms with Crippen molar-refractivity contribution in [2.24, 2.45) is 0 Å². The first-order valence-corrected chi connectivity index (χ1v) is 7.12. The molecule has 0 nitrogen and oxygen atoms in total. The monoisotopic (exact) mass is 406 g/mol. The zero-order chi connectivity index (χ0) is 11.5. The van der Waals surface area contributed by atoms with Crippen LogP contribution in [0.25, 0.3) is 0 Å². The molecule has 0 aliphatic rings. The van der Waals surface area contributed by atoms with Crippen molar-refractivity contribution in [3.63, 3.8) is 0 Å². The summed E-state index contributed by atoms with van der Waals surface area (Å²) in [5.74, 6) is 0. The summed E-state index contributed by atoms with van der Waals surface area (Å²) in [7, 11) is 0. The number of hydrogen-bond acceptors (Lipinski definition) is 0. The Balaban J connectivity index is 2.31. The zero-order valence-corrected chi connectivity index (χ0v) is 12.8. The second-order valence-corrected chi connectivity index (χ2v) is 6.07. The number of halogens is 3. The van der Waals surface area contributed by atoms with E-state index in [-0.39, 0.29) is 5.38 Å². The lowest BCUT2D eigenvalue weighted by Gasteiger charge is -2.10. The first kappa shape index (κ1) is 12.4. The van der Waals surface area contributed by atoms with Crippen LogP contribution in [0.4, 0.5) is 0 Å². The minimum atomic E-state index is -0.0807. The Kier molecular flexibility index (Phi) is 4.27. The molecule has 1 atom stereocenters. The zero-order valence-electron chi connectivity index (χ0n) is 8.33. The molecule has 16 heavy (non-hydrogen) atoms. The maximum Gasteiger partial charge on any atom is 0.0835 e. The Bertz CT molecular complexity index is 482. The highest BCUT2D eigenvalue weighted by atomic mass is 127. The fourth-order valence-electron chi connectivity index (χ4n) is 1.49. The van der Waals surface area contributed by atoms with Gasteiger partial charge in [-0.05, 0) is 58.0 Å². The number of hydrogen-bond donors (Lipinski definition) is 0. The molecule has 0 N–H and O–H groups in total. The Labute approximate surface area is 122 Å². The van der Waals surface area contributed by atoms with Gasteiger partial charge < -0.3 is 0 Å². The molecule has 0 amide bonds. The summed E-state index contributed by atoms with van der Waals surface area (Å²) in [5, 5.41) is -0.0807. The minimum Gasteiger partial charge on any atom is -0.113 e. The molecule has 1 unspecified atom stereocenters. The molecule has 82 valence electrons. The van der Waals surface area contributed by atoms with Gasteiger partial charge in [0.2, 0.25) is 0 Å². The van der Waals surface area contributed by atoms with Gasteiger partial charge in [0, 0.05) is 8.04 Å². The van der Waals surface area contributed by atoms with E-state index in [1.54, 1.807) is 0 Å². The third kappa shape index (κ3) is 2.99. The second kappa shape index (κ2) is 5.52. The fourth-order valence-corrected chi connectivity index (χ4v) is 2.60. The molecule has 0 saturated carbocycles. The summed E-state index contributed by atoms with van der Waals surface area (Å²) in [6.07, 6.45) is 0. The molecular weight excluding hydrogens is 398 g/mol. The van der Waals surface area contributed by atoms with E-state index < -0.39 is 0 Å². The number of benzene rings is 2. The molecule has 0 spiro atoms. The van der Waals surface area contributed by atoms with Crippen LogP contribution in [0.2, 0.25) is 0 Å². The van der Waals surface area contributed by atoms with Crippen molar-refractivity contribution in [1.29, 1.82) is 0 Å². The van der Waals surface area contributed by atoms with E-state index in [0.717, 1.165) is 15.6 Å². The molecule has 2 aromatic carbocycles. The Morgan fingerprint density at radius 1 is 1.00 bits per heavy atom. The van der Waals surface area contributed by atoms with Crippen molar-refractivity contribution in [2.45, 2.75) is 5.38 Å². The smallest absolute Gasteiger partial charge is 0.0835 e. The van der Waals surface area contributed by atoms with Gasteiger partial charge in [-0.2, -0.15) is 0 Å². The van der Waals surface area contributed by atoms with E-state index in [1.807, 2.05) is 30.3 Å². The lowest BCUT2D eigenvalue weighted by atomic mass is 10.0. The van der Waals surface area contributed by atoms with Crippen LogP contribution in [-0.4, -0.2) is 0 Å². The largest absolute Gasteiger partial charge is 0.113 e. The highest BCUT2D eigenvalue weighted by molar-refractivity contribution is 14.1. The van der Waals surface area contributed by atoms with Crippen LogP contribution in [0.5, 0.6) is 0 Å². The maximum absolute atomic E-state index is 6.44. The number of rotatable bonds is 2. The predicted octanol–water partition coefficient (Wildman–Crippen LogP) is 5.38. The van der Waals surface area contributed by atoms with Gasteiger partial charge in [-0.1, -0.05) is 40.2 Å². The van der Waals surface area contributed by atoms with Gasteiger partial charge in [0.1, 0.15) is 0 Å². The first-order chi connectivity index (χ1) is 7.66. The van der Waals surface area contributed by atoms with E-state index in [1.165, 1.54) is 3.57 Å². The van der Waals surface area contributed by atoms with Gasteiger partial charge in [0.15, 0.2) is 0 Å². The highest BCUT2D eigenvalue weighted by Crippen LogP contribution is 2.30. The van der Waals surface area contributed by atoms with Crippen molar-refractivity contribution >= 4 is 50.1 Å². The summed E-state index contributed by atoms with van der Waals surface area (Å²) in [4.78, 5) is 0. The van der Waals surface area contributed by atoms with E-state index in [4.69, 9.17) is 11.6 Å². The van der Waals surface area contributed by atoms with E-state index in [0.29, 0.717) is 0 Å². The van der Waals surface area contributed by atoms with Gasteiger partial charge in [0.25, 0.3) is 0 Å². The number of alkyl halides is 1. The summed E-state index contributed by atoms with van der Waals surface area (Å²) >= 11 is 12.2. The molecule has 0 aliphatic heterocycles. The minimum absolute atomic E-state index is 0.0807. The standard InChI is InChI=1S/C13H9BrClI/c14-11-6-4-9(5-7-11)13(15)10-2-1-3-12(16)8-10/h1-8,13H.